The quantitative estimate of drug-likeness (QED) is 0.826. The molecule has 100 valence electrons. The molecule has 2 rings (SSSR count). The van der Waals surface area contributed by atoms with E-state index in [1.54, 1.807) is 10.9 Å². The second-order valence-electron chi connectivity index (χ2n) is 4.37. The molecule has 0 bridgehead atoms. The van der Waals surface area contributed by atoms with Crippen LogP contribution in [0.5, 0.6) is 0 Å². The summed E-state index contributed by atoms with van der Waals surface area (Å²) in [6, 6.07) is 0.0287. The Kier molecular flexibility index (Phi) is 3.74. The lowest BCUT2D eigenvalue weighted by Crippen LogP contribution is -2.31. The van der Waals surface area contributed by atoms with Crippen molar-refractivity contribution in [3.05, 3.63) is 46.4 Å². The van der Waals surface area contributed by atoms with Crippen molar-refractivity contribution in [2.24, 2.45) is 0 Å². The Balaban J connectivity index is 1.95. The van der Waals surface area contributed by atoms with E-state index in [9.17, 15) is 9.59 Å². The molecule has 0 fully saturated rings. The summed E-state index contributed by atoms with van der Waals surface area (Å²) in [4.78, 5) is 28.9. The molecule has 0 aliphatic rings. The van der Waals surface area contributed by atoms with Crippen molar-refractivity contribution in [2.75, 3.05) is 6.54 Å². The number of carbonyl (C=O) groups excluding carboxylic acids is 1. The topological polar surface area (TPSA) is 92.7 Å². The van der Waals surface area contributed by atoms with Gasteiger partial charge in [-0.3, -0.25) is 19.3 Å². The van der Waals surface area contributed by atoms with Gasteiger partial charge in [-0.2, -0.15) is 5.10 Å². The first-order valence-corrected chi connectivity index (χ1v) is 5.89. The molecule has 19 heavy (non-hydrogen) atoms. The maximum Gasteiger partial charge on any atom is 0.269 e. The second kappa shape index (κ2) is 5.47. The molecule has 0 saturated carbocycles. The van der Waals surface area contributed by atoms with Gasteiger partial charge in [0.25, 0.3) is 11.5 Å². The van der Waals surface area contributed by atoms with Gasteiger partial charge in [0.05, 0.1) is 24.6 Å². The summed E-state index contributed by atoms with van der Waals surface area (Å²) in [5.74, 6) is -0.360. The van der Waals surface area contributed by atoms with Gasteiger partial charge in [0.1, 0.15) is 5.69 Å². The van der Waals surface area contributed by atoms with Crippen LogP contribution in [0.15, 0.2) is 29.6 Å². The first-order valence-electron chi connectivity index (χ1n) is 5.89. The number of H-pyrrole nitrogens is 1. The third-order valence-corrected chi connectivity index (χ3v) is 2.64. The average Bonchev–Trinajstić information content (AvgIpc) is 2.82. The minimum absolute atomic E-state index is 0.0287. The highest BCUT2D eigenvalue weighted by Crippen LogP contribution is 2.04. The van der Waals surface area contributed by atoms with Crippen molar-refractivity contribution < 1.29 is 4.79 Å². The number of nitrogens with one attached hydrogen (secondary N) is 2. The molecular formula is C12H15N5O2. The zero-order chi connectivity index (χ0) is 13.8. The molecule has 0 aromatic carbocycles. The van der Waals surface area contributed by atoms with Gasteiger partial charge in [-0.15, -0.1) is 0 Å². The van der Waals surface area contributed by atoms with Crippen molar-refractivity contribution >= 4 is 5.91 Å². The van der Waals surface area contributed by atoms with Crippen LogP contribution >= 0.6 is 0 Å². The maximum atomic E-state index is 11.8. The lowest BCUT2D eigenvalue weighted by molar-refractivity contribution is 0.0942. The molecule has 7 heteroatoms. The SMILES string of the molecule is Cc1cnn([C@H](C)CNC(=O)c2cncc(=O)[nH]2)c1. The van der Waals surface area contributed by atoms with Gasteiger partial charge in [-0.25, -0.2) is 0 Å². The summed E-state index contributed by atoms with van der Waals surface area (Å²) in [6.45, 7) is 4.31. The van der Waals surface area contributed by atoms with Gasteiger partial charge in [-0.05, 0) is 19.4 Å². The van der Waals surface area contributed by atoms with Gasteiger partial charge < -0.3 is 10.3 Å². The van der Waals surface area contributed by atoms with Crippen molar-refractivity contribution in [3.63, 3.8) is 0 Å². The Bertz CT molecular complexity index is 631. The van der Waals surface area contributed by atoms with E-state index in [0.717, 1.165) is 11.8 Å². The normalized spacial score (nSPS) is 12.1. The van der Waals surface area contributed by atoms with E-state index in [2.05, 4.69) is 20.4 Å². The Hall–Kier alpha value is -2.44. The minimum atomic E-state index is -0.400. The summed E-state index contributed by atoms with van der Waals surface area (Å²) in [6.07, 6.45) is 6.10. The van der Waals surface area contributed by atoms with Crippen LogP contribution < -0.4 is 10.9 Å². The second-order valence-corrected chi connectivity index (χ2v) is 4.37. The van der Waals surface area contributed by atoms with Crippen molar-refractivity contribution in [1.82, 2.24) is 25.1 Å². The summed E-state index contributed by atoms with van der Waals surface area (Å²) in [5, 5.41) is 6.90. The van der Waals surface area contributed by atoms with Crippen LogP contribution in [0.25, 0.3) is 0 Å². The number of nitrogens with zero attached hydrogens (tertiary/aromatic N) is 3. The molecule has 0 aliphatic heterocycles. The van der Waals surface area contributed by atoms with E-state index in [4.69, 9.17) is 0 Å². The van der Waals surface area contributed by atoms with E-state index >= 15 is 0 Å². The average molecular weight is 261 g/mol. The summed E-state index contributed by atoms with van der Waals surface area (Å²) < 4.78 is 1.78. The number of rotatable bonds is 4. The molecule has 0 saturated heterocycles. The molecule has 7 nitrogen and oxygen atoms in total. The number of aromatic nitrogens is 4. The molecular weight excluding hydrogens is 246 g/mol. The molecule has 2 aromatic heterocycles. The van der Waals surface area contributed by atoms with E-state index in [1.165, 1.54) is 6.20 Å². The van der Waals surface area contributed by atoms with Crippen LogP contribution in [0, 0.1) is 6.92 Å². The fraction of sp³-hybridized carbons (Fsp3) is 0.333. The molecule has 2 N–H and O–H groups in total. The van der Waals surface area contributed by atoms with Crippen LogP contribution in [0.4, 0.5) is 0 Å². The number of aryl methyl sites for hydroxylation is 1. The monoisotopic (exact) mass is 261 g/mol. The largest absolute Gasteiger partial charge is 0.349 e. The fourth-order valence-corrected chi connectivity index (χ4v) is 1.60. The molecule has 1 amide bonds. The molecule has 0 spiro atoms. The van der Waals surface area contributed by atoms with Crippen LogP contribution in [0.3, 0.4) is 0 Å². The highest BCUT2D eigenvalue weighted by atomic mass is 16.2. The maximum absolute atomic E-state index is 11.8. The standard InChI is InChI=1S/C12H15N5O2/c1-8-3-15-17(7-8)9(2)4-14-12(19)10-5-13-6-11(18)16-10/h3,5-7,9H,4H2,1-2H3,(H,14,19)(H,16,18)/t9-/m1/s1. The van der Waals surface area contributed by atoms with Crippen LogP contribution in [-0.4, -0.2) is 32.2 Å². The molecule has 1 atom stereocenters. The predicted octanol–water partition coefficient (Wildman–Crippen LogP) is 0.266. The van der Waals surface area contributed by atoms with E-state index < -0.39 is 5.56 Å². The number of carbonyl (C=O) groups is 1. The van der Waals surface area contributed by atoms with Crippen LogP contribution in [-0.2, 0) is 0 Å². The highest BCUT2D eigenvalue weighted by molar-refractivity contribution is 5.91. The first-order chi connectivity index (χ1) is 9.06. The third kappa shape index (κ3) is 3.27. The third-order valence-electron chi connectivity index (χ3n) is 2.64. The number of hydrogen-bond donors (Lipinski definition) is 2. The Labute approximate surface area is 109 Å². The molecule has 2 heterocycles. The smallest absolute Gasteiger partial charge is 0.269 e. The van der Waals surface area contributed by atoms with Crippen molar-refractivity contribution in [2.45, 2.75) is 19.9 Å². The van der Waals surface area contributed by atoms with Gasteiger partial charge in [-0.1, -0.05) is 0 Å². The summed E-state index contributed by atoms with van der Waals surface area (Å²) in [7, 11) is 0. The predicted molar refractivity (Wildman–Crippen MR) is 68.9 cm³/mol. The Morgan fingerprint density at radius 1 is 1.47 bits per heavy atom. The number of hydrogen-bond acceptors (Lipinski definition) is 4. The Morgan fingerprint density at radius 2 is 2.26 bits per heavy atom. The van der Waals surface area contributed by atoms with Gasteiger partial charge in [0, 0.05) is 12.7 Å². The zero-order valence-electron chi connectivity index (χ0n) is 10.8. The lowest BCUT2D eigenvalue weighted by atomic mass is 10.3. The van der Waals surface area contributed by atoms with E-state index in [1.807, 2.05) is 20.0 Å². The minimum Gasteiger partial charge on any atom is -0.349 e. The van der Waals surface area contributed by atoms with Crippen molar-refractivity contribution in [1.29, 1.82) is 0 Å². The van der Waals surface area contributed by atoms with Gasteiger partial charge in [0.15, 0.2) is 0 Å². The van der Waals surface area contributed by atoms with Crippen LogP contribution in [0.1, 0.15) is 29.0 Å². The number of aromatic amines is 1. The van der Waals surface area contributed by atoms with Gasteiger partial charge in [0.2, 0.25) is 0 Å². The molecule has 0 aliphatic carbocycles. The Morgan fingerprint density at radius 3 is 2.89 bits per heavy atom. The van der Waals surface area contributed by atoms with E-state index in [-0.39, 0.29) is 17.6 Å². The molecule has 0 unspecified atom stereocenters. The zero-order valence-corrected chi connectivity index (χ0v) is 10.8. The van der Waals surface area contributed by atoms with Crippen LogP contribution in [0.2, 0.25) is 0 Å². The first kappa shape index (κ1) is 13.0. The fourth-order valence-electron chi connectivity index (χ4n) is 1.60. The van der Waals surface area contributed by atoms with Crippen molar-refractivity contribution in [3.8, 4) is 0 Å². The lowest BCUT2D eigenvalue weighted by Gasteiger charge is -2.13. The highest BCUT2D eigenvalue weighted by Gasteiger charge is 2.10. The van der Waals surface area contributed by atoms with Gasteiger partial charge >= 0.3 is 0 Å². The number of amides is 1. The molecule has 0 radical (unpaired) electrons. The summed E-state index contributed by atoms with van der Waals surface area (Å²) >= 11 is 0. The van der Waals surface area contributed by atoms with E-state index in [0.29, 0.717) is 6.54 Å². The summed E-state index contributed by atoms with van der Waals surface area (Å²) in [5.41, 5.74) is 0.814. The molecule has 2 aromatic rings.